The number of benzene rings is 1. The Morgan fingerprint density at radius 2 is 1.68 bits per heavy atom. The summed E-state index contributed by atoms with van der Waals surface area (Å²) in [5, 5.41) is 0. The van der Waals surface area contributed by atoms with Crippen molar-refractivity contribution in [2.45, 2.75) is 34.1 Å². The fourth-order valence-electron chi connectivity index (χ4n) is 2.67. The number of methoxy groups -OCH3 is 1. The van der Waals surface area contributed by atoms with Crippen molar-refractivity contribution >= 4 is 0 Å². The van der Waals surface area contributed by atoms with Crippen LogP contribution in [0.4, 0.5) is 0 Å². The van der Waals surface area contributed by atoms with Gasteiger partial charge in [0.05, 0.1) is 7.11 Å². The zero-order valence-corrected chi connectivity index (χ0v) is 12.9. The van der Waals surface area contributed by atoms with Crippen LogP contribution in [-0.4, -0.2) is 20.2 Å². The van der Waals surface area contributed by atoms with E-state index < -0.39 is 0 Å². The number of aryl methyl sites for hydroxylation is 1. The van der Waals surface area contributed by atoms with Gasteiger partial charge < -0.3 is 16.2 Å². The minimum atomic E-state index is 0.390. The van der Waals surface area contributed by atoms with Gasteiger partial charge in [-0.05, 0) is 80.4 Å². The molecule has 1 atom stereocenters. The Morgan fingerprint density at radius 3 is 2.16 bits per heavy atom. The predicted molar refractivity (Wildman–Crippen MR) is 81.7 cm³/mol. The van der Waals surface area contributed by atoms with Crippen molar-refractivity contribution in [3.8, 4) is 5.75 Å². The highest BCUT2D eigenvalue weighted by molar-refractivity contribution is 5.48. The summed E-state index contributed by atoms with van der Waals surface area (Å²) in [5.41, 5.74) is 16.8. The Hall–Kier alpha value is -1.06. The van der Waals surface area contributed by atoms with Crippen LogP contribution in [0, 0.1) is 32.6 Å². The Balaban J connectivity index is 3.05. The van der Waals surface area contributed by atoms with Gasteiger partial charge in [-0.15, -0.1) is 0 Å². The van der Waals surface area contributed by atoms with Crippen LogP contribution in [0.2, 0.25) is 0 Å². The standard InChI is InChI=1S/C16H28N2O/c1-10(14(8-17)9-18)6-15-11(2)7-16(19-5)13(4)12(15)3/h7,10,14H,6,8-9,17-18H2,1-5H3. The first-order valence-corrected chi connectivity index (χ1v) is 7.00. The summed E-state index contributed by atoms with van der Waals surface area (Å²) < 4.78 is 5.42. The number of rotatable bonds is 6. The minimum Gasteiger partial charge on any atom is -0.496 e. The average Bonchev–Trinajstić information content (AvgIpc) is 2.40. The molecule has 0 fully saturated rings. The van der Waals surface area contributed by atoms with Crippen LogP contribution in [0.1, 0.15) is 29.2 Å². The molecule has 0 saturated heterocycles. The molecule has 19 heavy (non-hydrogen) atoms. The predicted octanol–water partition coefficient (Wildman–Crippen LogP) is 2.33. The van der Waals surface area contributed by atoms with Crippen molar-refractivity contribution in [2.24, 2.45) is 23.3 Å². The largest absolute Gasteiger partial charge is 0.496 e. The van der Waals surface area contributed by atoms with Gasteiger partial charge in [0.1, 0.15) is 5.75 Å². The van der Waals surface area contributed by atoms with E-state index in [0.717, 1.165) is 12.2 Å². The average molecular weight is 264 g/mol. The van der Waals surface area contributed by atoms with E-state index in [1.54, 1.807) is 7.11 Å². The van der Waals surface area contributed by atoms with Gasteiger partial charge in [0.2, 0.25) is 0 Å². The normalized spacial score (nSPS) is 12.8. The highest BCUT2D eigenvalue weighted by Gasteiger charge is 2.18. The second-order valence-electron chi connectivity index (χ2n) is 5.54. The first-order chi connectivity index (χ1) is 8.96. The van der Waals surface area contributed by atoms with E-state index in [-0.39, 0.29) is 0 Å². The van der Waals surface area contributed by atoms with Gasteiger partial charge in [-0.2, -0.15) is 0 Å². The molecule has 4 N–H and O–H groups in total. The number of hydrogen-bond donors (Lipinski definition) is 2. The van der Waals surface area contributed by atoms with Gasteiger partial charge in [0.15, 0.2) is 0 Å². The summed E-state index contributed by atoms with van der Waals surface area (Å²) in [6.45, 7) is 9.99. The number of ether oxygens (including phenoxy) is 1. The molecule has 3 nitrogen and oxygen atoms in total. The lowest BCUT2D eigenvalue weighted by atomic mass is 9.84. The van der Waals surface area contributed by atoms with Crippen molar-refractivity contribution in [3.05, 3.63) is 28.3 Å². The number of nitrogens with two attached hydrogens (primary N) is 2. The molecule has 0 amide bonds. The highest BCUT2D eigenvalue weighted by Crippen LogP contribution is 2.30. The molecule has 0 radical (unpaired) electrons. The van der Waals surface area contributed by atoms with Gasteiger partial charge >= 0.3 is 0 Å². The van der Waals surface area contributed by atoms with Gasteiger partial charge in [-0.3, -0.25) is 0 Å². The fourth-order valence-corrected chi connectivity index (χ4v) is 2.67. The molecule has 0 spiro atoms. The van der Waals surface area contributed by atoms with Crippen molar-refractivity contribution < 1.29 is 4.74 Å². The van der Waals surface area contributed by atoms with E-state index in [1.165, 1.54) is 22.3 Å². The maximum atomic E-state index is 5.79. The quantitative estimate of drug-likeness (QED) is 0.829. The van der Waals surface area contributed by atoms with Crippen molar-refractivity contribution in [1.82, 2.24) is 0 Å². The van der Waals surface area contributed by atoms with Crippen LogP contribution in [0.15, 0.2) is 6.07 Å². The first-order valence-electron chi connectivity index (χ1n) is 7.00. The Kier molecular flexibility index (Phi) is 5.83. The molecule has 0 aliphatic heterocycles. The summed E-state index contributed by atoms with van der Waals surface area (Å²) in [4.78, 5) is 0. The maximum absolute atomic E-state index is 5.79. The smallest absolute Gasteiger partial charge is 0.122 e. The Morgan fingerprint density at radius 1 is 1.11 bits per heavy atom. The summed E-state index contributed by atoms with van der Waals surface area (Å²) in [7, 11) is 1.72. The Labute approximate surface area is 117 Å². The van der Waals surface area contributed by atoms with Gasteiger partial charge in [0.25, 0.3) is 0 Å². The molecule has 0 aliphatic rings. The second-order valence-corrected chi connectivity index (χ2v) is 5.54. The molecule has 0 heterocycles. The lowest BCUT2D eigenvalue weighted by Gasteiger charge is -2.24. The molecule has 108 valence electrons. The third-order valence-corrected chi connectivity index (χ3v) is 4.36. The zero-order valence-electron chi connectivity index (χ0n) is 12.9. The third-order valence-electron chi connectivity index (χ3n) is 4.36. The molecule has 0 aliphatic carbocycles. The molecule has 1 rings (SSSR count). The van der Waals surface area contributed by atoms with E-state index in [0.29, 0.717) is 24.9 Å². The topological polar surface area (TPSA) is 61.3 Å². The van der Waals surface area contributed by atoms with Crippen LogP contribution in [-0.2, 0) is 6.42 Å². The van der Waals surface area contributed by atoms with Crippen LogP contribution in [0.25, 0.3) is 0 Å². The van der Waals surface area contributed by atoms with Crippen molar-refractivity contribution in [3.63, 3.8) is 0 Å². The second kappa shape index (κ2) is 6.92. The van der Waals surface area contributed by atoms with E-state index in [2.05, 4.69) is 33.8 Å². The molecule has 1 aromatic rings. The lowest BCUT2D eigenvalue weighted by Crippen LogP contribution is -2.30. The molecule has 1 aromatic carbocycles. The van der Waals surface area contributed by atoms with Crippen LogP contribution in [0.3, 0.4) is 0 Å². The van der Waals surface area contributed by atoms with E-state index >= 15 is 0 Å². The molecule has 3 heteroatoms. The van der Waals surface area contributed by atoms with E-state index in [1.807, 2.05) is 0 Å². The fraction of sp³-hybridized carbons (Fsp3) is 0.625. The summed E-state index contributed by atoms with van der Waals surface area (Å²) in [6, 6.07) is 2.13. The van der Waals surface area contributed by atoms with Gasteiger partial charge in [-0.1, -0.05) is 6.92 Å². The zero-order chi connectivity index (χ0) is 14.6. The third kappa shape index (κ3) is 3.48. The lowest BCUT2D eigenvalue weighted by molar-refractivity contribution is 0.371. The molecule has 0 aromatic heterocycles. The van der Waals surface area contributed by atoms with Gasteiger partial charge in [-0.25, -0.2) is 0 Å². The molecule has 0 bridgehead atoms. The SMILES string of the molecule is COc1cc(C)c(CC(C)C(CN)CN)c(C)c1C. The van der Waals surface area contributed by atoms with Crippen molar-refractivity contribution in [2.75, 3.05) is 20.2 Å². The minimum absolute atomic E-state index is 0.390. The van der Waals surface area contributed by atoms with Gasteiger partial charge in [0, 0.05) is 0 Å². The first kappa shape index (κ1) is 16.0. The van der Waals surface area contributed by atoms with E-state index in [9.17, 15) is 0 Å². The highest BCUT2D eigenvalue weighted by atomic mass is 16.5. The monoisotopic (exact) mass is 264 g/mol. The van der Waals surface area contributed by atoms with Crippen LogP contribution in [0.5, 0.6) is 5.75 Å². The van der Waals surface area contributed by atoms with E-state index in [4.69, 9.17) is 16.2 Å². The van der Waals surface area contributed by atoms with Crippen LogP contribution < -0.4 is 16.2 Å². The summed E-state index contributed by atoms with van der Waals surface area (Å²) in [5.74, 6) is 1.86. The summed E-state index contributed by atoms with van der Waals surface area (Å²) in [6.07, 6.45) is 1.03. The molecule has 0 saturated carbocycles. The maximum Gasteiger partial charge on any atom is 0.122 e. The number of hydrogen-bond acceptors (Lipinski definition) is 3. The van der Waals surface area contributed by atoms with Crippen LogP contribution >= 0.6 is 0 Å². The molecule has 1 unspecified atom stereocenters. The summed E-state index contributed by atoms with van der Waals surface area (Å²) >= 11 is 0. The molecular weight excluding hydrogens is 236 g/mol. The Bertz CT molecular complexity index is 425. The molecular formula is C16H28N2O. The van der Waals surface area contributed by atoms with Crippen molar-refractivity contribution in [1.29, 1.82) is 0 Å².